The molecule has 2 aromatic heterocycles. The molecule has 4 rings (SSSR count). The number of carbonyl (C=O) groups excluding carboxylic acids is 1. The van der Waals surface area contributed by atoms with Crippen LogP contribution in [0.1, 0.15) is 55.1 Å². The number of halogens is 1. The monoisotopic (exact) mass is 406 g/mol. The molecule has 0 aliphatic heterocycles. The quantitative estimate of drug-likeness (QED) is 0.815. The van der Waals surface area contributed by atoms with Crippen molar-refractivity contribution in [3.63, 3.8) is 0 Å². The van der Waals surface area contributed by atoms with Crippen molar-refractivity contribution in [3.8, 4) is 0 Å². The van der Waals surface area contributed by atoms with Crippen LogP contribution in [0.3, 0.4) is 0 Å². The first-order valence-corrected chi connectivity index (χ1v) is 11.0. The van der Waals surface area contributed by atoms with Gasteiger partial charge in [0.05, 0.1) is 11.9 Å². The second kappa shape index (κ2) is 6.93. The summed E-state index contributed by atoms with van der Waals surface area (Å²) in [4.78, 5) is 17.4. The van der Waals surface area contributed by atoms with Gasteiger partial charge in [-0.1, -0.05) is 6.92 Å². The first-order chi connectivity index (χ1) is 13.3. The highest BCUT2D eigenvalue weighted by Gasteiger charge is 2.30. The Morgan fingerprint density at radius 3 is 2.93 bits per heavy atom. The number of nitrogens with one attached hydrogen (secondary N) is 1. The van der Waals surface area contributed by atoms with Gasteiger partial charge in [0, 0.05) is 17.9 Å². The van der Waals surface area contributed by atoms with Crippen molar-refractivity contribution in [1.29, 1.82) is 0 Å². The first kappa shape index (κ1) is 19.0. The maximum absolute atomic E-state index is 14.0. The Kier molecular flexibility index (Phi) is 4.70. The van der Waals surface area contributed by atoms with E-state index in [1.807, 2.05) is 0 Å². The molecule has 2 aromatic rings. The highest BCUT2D eigenvalue weighted by atomic mass is 32.2. The second-order valence-electron chi connectivity index (χ2n) is 7.30. The number of nitrogens with two attached hydrogens (primary N) is 1. The van der Waals surface area contributed by atoms with E-state index in [2.05, 4.69) is 21.7 Å². The van der Waals surface area contributed by atoms with E-state index in [4.69, 9.17) is 10.1 Å². The van der Waals surface area contributed by atoms with E-state index in [0.29, 0.717) is 18.2 Å². The van der Waals surface area contributed by atoms with Crippen LogP contribution in [-0.2, 0) is 35.7 Å². The number of nitrogens with zero attached hydrogens (tertiary/aromatic N) is 4. The molecule has 28 heavy (non-hydrogen) atoms. The number of carbonyl (C=O) groups is 1. The fraction of sp³-hybridized carbons (Fsp3) is 0.500. The fourth-order valence-electron chi connectivity index (χ4n) is 3.99. The van der Waals surface area contributed by atoms with Crippen LogP contribution < -0.4 is 10.5 Å². The molecule has 0 radical (unpaired) electrons. The van der Waals surface area contributed by atoms with Gasteiger partial charge in [0.25, 0.3) is 0 Å². The maximum Gasteiger partial charge on any atom is 0.354 e. The van der Waals surface area contributed by atoms with Crippen molar-refractivity contribution in [2.45, 2.75) is 63.4 Å². The zero-order valence-corrected chi connectivity index (χ0v) is 16.7. The summed E-state index contributed by atoms with van der Waals surface area (Å²) in [6, 6.07) is -0.861. The molecule has 2 amide bonds. The van der Waals surface area contributed by atoms with Gasteiger partial charge in [0.2, 0.25) is 5.03 Å². The summed E-state index contributed by atoms with van der Waals surface area (Å²) in [6.45, 7) is 4.26. The molecule has 0 saturated carbocycles. The number of hydrogen-bond acceptors (Lipinski definition) is 4. The van der Waals surface area contributed by atoms with Crippen LogP contribution in [0.2, 0.25) is 0 Å². The van der Waals surface area contributed by atoms with Crippen LogP contribution >= 0.6 is 0 Å². The highest BCUT2D eigenvalue weighted by molar-refractivity contribution is 7.91. The second-order valence-corrected chi connectivity index (χ2v) is 9.00. The maximum atomic E-state index is 14.0. The molecule has 0 bridgehead atoms. The summed E-state index contributed by atoms with van der Waals surface area (Å²) >= 11 is 0. The van der Waals surface area contributed by atoms with Gasteiger partial charge in [-0.3, -0.25) is 9.67 Å². The Morgan fingerprint density at radius 2 is 2.21 bits per heavy atom. The number of urea groups is 1. The third-order valence-electron chi connectivity index (χ3n) is 5.39. The molecule has 0 aromatic carbocycles. The lowest BCUT2D eigenvalue weighted by Crippen LogP contribution is -2.20. The van der Waals surface area contributed by atoms with Crippen LogP contribution in [0.15, 0.2) is 15.6 Å². The molecular formula is C18H23FN6O2S. The molecule has 3 N–H and O–H groups in total. The Hall–Kier alpha value is -2.33. The Balaban J connectivity index is 1.70. The van der Waals surface area contributed by atoms with Crippen LogP contribution in [0.4, 0.5) is 14.9 Å². The minimum absolute atomic E-state index is 0.333. The fourth-order valence-corrected chi connectivity index (χ4v) is 4.92. The smallest absolute Gasteiger partial charge is 0.305 e. The largest absolute Gasteiger partial charge is 0.354 e. The molecule has 0 spiro atoms. The van der Waals surface area contributed by atoms with Crippen molar-refractivity contribution in [1.82, 2.24) is 14.8 Å². The minimum atomic E-state index is -3.80. The molecule has 0 saturated heterocycles. The van der Waals surface area contributed by atoms with Crippen LogP contribution in [-0.4, -0.2) is 25.0 Å². The predicted molar refractivity (Wildman–Crippen MR) is 103 cm³/mol. The van der Waals surface area contributed by atoms with Gasteiger partial charge in [-0.05, 0) is 56.1 Å². The van der Waals surface area contributed by atoms with E-state index in [-0.39, 0.29) is 0 Å². The lowest BCUT2D eigenvalue weighted by Gasteiger charge is -2.15. The number of aromatic nitrogens is 3. The standard InChI is InChI=1S/C18H23FN6O2S/c1-3-25-9-13(19)17(23-25)28(20,27)24-18(26)22-16-11-5-4-6-14(11)21-15-10(2)7-8-12(15)16/h9-10H,3-8H2,1-2H3,(H3,20,21,22,24,26,27)/t10-,28-/m0/s1. The van der Waals surface area contributed by atoms with Crippen molar-refractivity contribution in [3.05, 3.63) is 34.5 Å². The Bertz CT molecular complexity index is 1090. The number of fused-ring (bicyclic) bond motifs is 2. The van der Waals surface area contributed by atoms with E-state index in [1.54, 1.807) is 6.92 Å². The number of amides is 2. The van der Waals surface area contributed by atoms with Crippen LogP contribution in [0.5, 0.6) is 0 Å². The summed E-state index contributed by atoms with van der Waals surface area (Å²) < 4.78 is 31.5. The summed E-state index contributed by atoms with van der Waals surface area (Å²) in [5.41, 5.74) is 4.76. The Labute approximate surface area is 163 Å². The zero-order chi connectivity index (χ0) is 20.1. The van der Waals surface area contributed by atoms with Crippen molar-refractivity contribution >= 4 is 21.6 Å². The van der Waals surface area contributed by atoms with Gasteiger partial charge >= 0.3 is 6.03 Å². The lowest BCUT2D eigenvalue weighted by molar-refractivity contribution is 0.260. The predicted octanol–water partition coefficient (Wildman–Crippen LogP) is 2.91. The van der Waals surface area contributed by atoms with Gasteiger partial charge in [0.1, 0.15) is 0 Å². The molecule has 0 fully saturated rings. The molecule has 2 atom stereocenters. The molecule has 10 heteroatoms. The van der Waals surface area contributed by atoms with Gasteiger partial charge in [-0.15, -0.1) is 4.36 Å². The van der Waals surface area contributed by atoms with Crippen LogP contribution in [0, 0.1) is 5.82 Å². The van der Waals surface area contributed by atoms with E-state index >= 15 is 0 Å². The average molecular weight is 406 g/mol. The van der Waals surface area contributed by atoms with E-state index in [9.17, 15) is 13.4 Å². The van der Waals surface area contributed by atoms with E-state index in [0.717, 1.165) is 60.8 Å². The molecule has 8 nitrogen and oxygen atoms in total. The summed E-state index contributed by atoms with van der Waals surface area (Å²) in [5.74, 6) is -0.509. The number of hydrogen-bond donors (Lipinski definition) is 2. The number of aryl methyl sites for hydroxylation is 2. The molecule has 2 aliphatic rings. The SMILES string of the molecule is CCn1cc(F)c([S@@](N)(=O)=NC(=O)Nc2c3c(nc4c2CC[C@@H]4C)CCC3)n1. The zero-order valence-electron chi connectivity index (χ0n) is 15.9. The molecule has 2 heterocycles. The summed E-state index contributed by atoms with van der Waals surface area (Å²) in [7, 11) is -3.80. The molecule has 0 unspecified atom stereocenters. The number of pyridine rings is 1. The minimum Gasteiger partial charge on any atom is -0.305 e. The number of rotatable bonds is 3. The van der Waals surface area contributed by atoms with E-state index < -0.39 is 26.8 Å². The highest BCUT2D eigenvalue weighted by Crippen LogP contribution is 2.41. The third-order valence-corrected chi connectivity index (χ3v) is 6.66. The number of anilines is 1. The normalized spacial score (nSPS) is 19.8. The first-order valence-electron chi connectivity index (χ1n) is 9.43. The van der Waals surface area contributed by atoms with E-state index in [1.165, 1.54) is 4.68 Å². The average Bonchev–Trinajstić information content (AvgIpc) is 3.33. The van der Waals surface area contributed by atoms with Crippen LogP contribution in [0.25, 0.3) is 0 Å². The van der Waals surface area contributed by atoms with Gasteiger partial charge in [-0.2, -0.15) is 5.10 Å². The van der Waals surface area contributed by atoms with Crippen molar-refractivity contribution in [2.24, 2.45) is 9.50 Å². The summed E-state index contributed by atoms with van der Waals surface area (Å²) in [6.07, 6.45) is 5.56. The summed E-state index contributed by atoms with van der Waals surface area (Å²) in [5, 5.41) is 11.8. The molecular weight excluding hydrogens is 383 g/mol. The lowest BCUT2D eigenvalue weighted by atomic mass is 10.0. The van der Waals surface area contributed by atoms with Crippen molar-refractivity contribution < 1.29 is 13.4 Å². The van der Waals surface area contributed by atoms with Gasteiger partial charge in [-0.25, -0.2) is 18.5 Å². The topological polar surface area (TPSA) is 115 Å². The van der Waals surface area contributed by atoms with Gasteiger partial charge < -0.3 is 5.32 Å². The Morgan fingerprint density at radius 1 is 1.43 bits per heavy atom. The molecule has 2 aliphatic carbocycles. The van der Waals surface area contributed by atoms with Gasteiger partial charge in [0.15, 0.2) is 15.7 Å². The van der Waals surface area contributed by atoms with Crippen molar-refractivity contribution in [2.75, 3.05) is 5.32 Å². The molecule has 150 valence electrons. The third kappa shape index (κ3) is 3.20.